The number of nitrogens with zero attached hydrogens (tertiary/aromatic N) is 2. The van der Waals surface area contributed by atoms with Crippen molar-refractivity contribution < 1.29 is 5.11 Å². The van der Waals surface area contributed by atoms with Crippen molar-refractivity contribution in [3.05, 3.63) is 78.4 Å². The molecule has 0 spiro atoms. The van der Waals surface area contributed by atoms with Crippen molar-refractivity contribution in [1.29, 1.82) is 0 Å². The molecule has 1 atom stereocenters. The van der Waals surface area contributed by atoms with Gasteiger partial charge in [-0.15, -0.1) is 0 Å². The molecule has 0 saturated carbocycles. The number of rotatable bonds is 4. The summed E-state index contributed by atoms with van der Waals surface area (Å²) in [4.78, 5) is 4.04. The second kappa shape index (κ2) is 6.49. The molecule has 124 valence electrons. The lowest BCUT2D eigenvalue weighted by molar-refractivity contribution is 0.208. The lowest BCUT2D eigenvalue weighted by Crippen LogP contribution is -2.14. The lowest BCUT2D eigenvalue weighted by atomic mass is 9.86. The Hall–Kier alpha value is -2.59. The first kappa shape index (κ1) is 16.3. The highest BCUT2D eigenvalue weighted by molar-refractivity contribution is 5.50. The standard InChI is InChI=1S/C20H23N3O/c1-20(2,3)16-6-4-5-15(13-16)19(24)22-17-7-9-18(10-8-17)23-12-11-21-14-23/h4-14,19,22,24H,1-3H3. The number of anilines is 1. The molecular formula is C20H23N3O. The van der Waals surface area contributed by atoms with Gasteiger partial charge in [-0.2, -0.15) is 0 Å². The van der Waals surface area contributed by atoms with E-state index in [0.717, 1.165) is 16.9 Å². The summed E-state index contributed by atoms with van der Waals surface area (Å²) in [6.45, 7) is 6.50. The normalized spacial score (nSPS) is 12.8. The molecule has 24 heavy (non-hydrogen) atoms. The van der Waals surface area contributed by atoms with Gasteiger partial charge in [-0.1, -0.05) is 45.0 Å². The van der Waals surface area contributed by atoms with Crippen molar-refractivity contribution >= 4 is 5.69 Å². The van der Waals surface area contributed by atoms with Crippen LogP contribution in [0.25, 0.3) is 5.69 Å². The Kier molecular flexibility index (Phi) is 4.40. The molecule has 0 aliphatic heterocycles. The molecule has 1 unspecified atom stereocenters. The van der Waals surface area contributed by atoms with Crippen LogP contribution in [-0.4, -0.2) is 14.7 Å². The zero-order chi connectivity index (χ0) is 17.2. The Bertz CT molecular complexity index is 787. The van der Waals surface area contributed by atoms with Crippen LogP contribution in [0.1, 0.15) is 38.1 Å². The summed E-state index contributed by atoms with van der Waals surface area (Å²) in [6.07, 6.45) is 4.66. The molecular weight excluding hydrogens is 298 g/mol. The Balaban J connectivity index is 1.74. The summed E-state index contributed by atoms with van der Waals surface area (Å²) in [5.74, 6) is 0. The third-order valence-corrected chi connectivity index (χ3v) is 4.04. The van der Waals surface area contributed by atoms with Crippen LogP contribution in [0.4, 0.5) is 5.69 Å². The number of nitrogens with one attached hydrogen (secondary N) is 1. The predicted molar refractivity (Wildman–Crippen MR) is 97.3 cm³/mol. The van der Waals surface area contributed by atoms with E-state index in [1.54, 1.807) is 12.5 Å². The van der Waals surface area contributed by atoms with E-state index >= 15 is 0 Å². The van der Waals surface area contributed by atoms with Crippen LogP contribution in [0.5, 0.6) is 0 Å². The minimum absolute atomic E-state index is 0.0577. The number of aliphatic hydroxyl groups excluding tert-OH is 1. The van der Waals surface area contributed by atoms with Gasteiger partial charge >= 0.3 is 0 Å². The van der Waals surface area contributed by atoms with Gasteiger partial charge in [0.1, 0.15) is 0 Å². The fourth-order valence-electron chi connectivity index (χ4n) is 2.56. The van der Waals surface area contributed by atoms with Crippen LogP contribution in [0.15, 0.2) is 67.3 Å². The highest BCUT2D eigenvalue weighted by Crippen LogP contribution is 2.26. The second-order valence-corrected chi connectivity index (χ2v) is 6.94. The van der Waals surface area contributed by atoms with E-state index in [9.17, 15) is 5.11 Å². The van der Waals surface area contributed by atoms with Gasteiger partial charge in [0.2, 0.25) is 0 Å². The number of imidazole rings is 1. The molecule has 0 radical (unpaired) electrons. The van der Waals surface area contributed by atoms with E-state index in [4.69, 9.17) is 0 Å². The Morgan fingerprint density at radius 2 is 1.83 bits per heavy atom. The number of aromatic nitrogens is 2. The van der Waals surface area contributed by atoms with Crippen molar-refractivity contribution in [1.82, 2.24) is 9.55 Å². The molecule has 0 fully saturated rings. The third-order valence-electron chi connectivity index (χ3n) is 4.04. The van der Waals surface area contributed by atoms with Crippen molar-refractivity contribution in [2.24, 2.45) is 0 Å². The Morgan fingerprint density at radius 1 is 1.08 bits per heavy atom. The van der Waals surface area contributed by atoms with Gasteiger partial charge in [-0.25, -0.2) is 4.98 Å². The lowest BCUT2D eigenvalue weighted by Gasteiger charge is -2.22. The molecule has 4 heteroatoms. The van der Waals surface area contributed by atoms with Gasteiger partial charge in [0.15, 0.2) is 6.23 Å². The van der Waals surface area contributed by atoms with E-state index < -0.39 is 6.23 Å². The molecule has 0 saturated heterocycles. The van der Waals surface area contributed by atoms with Gasteiger partial charge in [0, 0.05) is 29.3 Å². The van der Waals surface area contributed by atoms with Crippen molar-refractivity contribution in [3.63, 3.8) is 0 Å². The van der Waals surface area contributed by atoms with Gasteiger partial charge in [-0.05, 0) is 35.2 Å². The maximum Gasteiger partial charge on any atom is 0.150 e. The SMILES string of the molecule is CC(C)(C)c1cccc(C(O)Nc2ccc(-n3ccnc3)cc2)c1. The number of aliphatic hydroxyl groups is 1. The van der Waals surface area contributed by atoms with Gasteiger partial charge in [-0.3, -0.25) is 0 Å². The van der Waals surface area contributed by atoms with Gasteiger partial charge in [0.05, 0.1) is 6.33 Å². The highest BCUT2D eigenvalue weighted by atomic mass is 16.3. The van der Waals surface area contributed by atoms with E-state index in [2.05, 4.69) is 43.2 Å². The van der Waals surface area contributed by atoms with Crippen LogP contribution < -0.4 is 5.32 Å². The summed E-state index contributed by atoms with van der Waals surface area (Å²) in [6, 6.07) is 16.0. The van der Waals surface area contributed by atoms with Crippen molar-refractivity contribution in [3.8, 4) is 5.69 Å². The average Bonchev–Trinajstić information content (AvgIpc) is 3.09. The molecule has 4 nitrogen and oxygen atoms in total. The monoisotopic (exact) mass is 321 g/mol. The minimum atomic E-state index is -0.744. The molecule has 0 bridgehead atoms. The molecule has 1 heterocycles. The molecule has 0 aliphatic rings. The largest absolute Gasteiger partial charge is 0.369 e. The second-order valence-electron chi connectivity index (χ2n) is 6.94. The Morgan fingerprint density at radius 3 is 2.46 bits per heavy atom. The number of hydrogen-bond acceptors (Lipinski definition) is 3. The smallest absolute Gasteiger partial charge is 0.150 e. The molecule has 1 aromatic heterocycles. The summed E-state index contributed by atoms with van der Waals surface area (Å²) < 4.78 is 1.94. The van der Waals surface area contributed by atoms with Crippen LogP contribution in [0.2, 0.25) is 0 Å². The quantitative estimate of drug-likeness (QED) is 0.705. The summed E-state index contributed by atoms with van der Waals surface area (Å²) in [5, 5.41) is 13.6. The van der Waals surface area contributed by atoms with E-state index in [0.29, 0.717) is 0 Å². The van der Waals surface area contributed by atoms with Crippen molar-refractivity contribution in [2.45, 2.75) is 32.4 Å². The van der Waals surface area contributed by atoms with E-state index in [1.807, 2.05) is 47.2 Å². The van der Waals surface area contributed by atoms with Gasteiger partial charge in [0.25, 0.3) is 0 Å². The van der Waals surface area contributed by atoms with Crippen molar-refractivity contribution in [2.75, 3.05) is 5.32 Å². The molecule has 3 rings (SSSR count). The maximum absolute atomic E-state index is 10.5. The van der Waals surface area contributed by atoms with Crippen LogP contribution >= 0.6 is 0 Å². The first-order valence-electron chi connectivity index (χ1n) is 8.07. The fourth-order valence-corrected chi connectivity index (χ4v) is 2.56. The van der Waals surface area contributed by atoms with E-state index in [-0.39, 0.29) is 5.41 Å². The van der Waals surface area contributed by atoms with Crippen LogP contribution in [0, 0.1) is 0 Å². The maximum atomic E-state index is 10.5. The third kappa shape index (κ3) is 3.66. The topological polar surface area (TPSA) is 50.1 Å². The zero-order valence-electron chi connectivity index (χ0n) is 14.3. The minimum Gasteiger partial charge on any atom is -0.369 e. The Labute approximate surface area is 142 Å². The highest BCUT2D eigenvalue weighted by Gasteiger charge is 2.16. The average molecular weight is 321 g/mol. The summed E-state index contributed by atoms with van der Waals surface area (Å²) >= 11 is 0. The zero-order valence-corrected chi connectivity index (χ0v) is 14.3. The van der Waals surface area contributed by atoms with Crippen LogP contribution in [-0.2, 0) is 5.41 Å². The molecule has 0 aliphatic carbocycles. The van der Waals surface area contributed by atoms with Crippen LogP contribution in [0.3, 0.4) is 0 Å². The predicted octanol–water partition coefficient (Wildman–Crippen LogP) is 4.27. The summed E-state index contributed by atoms with van der Waals surface area (Å²) in [5.41, 5.74) is 4.02. The molecule has 2 aromatic carbocycles. The number of benzene rings is 2. The first-order valence-corrected chi connectivity index (χ1v) is 8.07. The molecule has 2 N–H and O–H groups in total. The molecule has 0 amide bonds. The first-order chi connectivity index (χ1) is 11.4. The summed E-state index contributed by atoms with van der Waals surface area (Å²) in [7, 11) is 0. The van der Waals surface area contributed by atoms with Gasteiger partial charge < -0.3 is 15.0 Å². The van der Waals surface area contributed by atoms with E-state index in [1.165, 1.54) is 5.56 Å². The fraction of sp³-hybridized carbons (Fsp3) is 0.250. The number of hydrogen-bond donors (Lipinski definition) is 2. The molecule has 3 aromatic rings.